The second kappa shape index (κ2) is 2.86. The Labute approximate surface area is 64.3 Å². The molecule has 1 aliphatic carbocycles. The summed E-state index contributed by atoms with van der Waals surface area (Å²) in [5.74, 6) is -0.993. The number of carbonyl (C=O) groups is 1. The van der Waals surface area contributed by atoms with Crippen LogP contribution in [-0.4, -0.2) is 50.6 Å². The summed E-state index contributed by atoms with van der Waals surface area (Å²) in [6, 6.07) is 0. The molecule has 64 valence electrons. The van der Waals surface area contributed by atoms with Crippen LogP contribution in [0.4, 0.5) is 0 Å². The number of Topliss-reactive ketones (excluding diaryl/α,β-unsaturated/α-hetero) is 1. The fourth-order valence-electron chi connectivity index (χ4n) is 0.952. The summed E-state index contributed by atoms with van der Waals surface area (Å²) in [5.41, 5.74) is 0. The van der Waals surface area contributed by atoms with Crippen LogP contribution in [0.1, 0.15) is 7.79 Å². The van der Waals surface area contributed by atoms with Crippen LogP contribution in [0.25, 0.3) is 0 Å². The molecule has 0 unspecified atom stereocenters. The Hall–Kier alpha value is -0.490. The van der Waals surface area contributed by atoms with Crippen molar-refractivity contribution in [3.05, 3.63) is 0 Å². The van der Waals surface area contributed by atoms with Crippen molar-refractivity contribution in [2.24, 2.45) is 0 Å². The Kier molecular flexibility index (Phi) is 1.87. The van der Waals surface area contributed by atoms with Gasteiger partial charge in [0.2, 0.25) is 0 Å². The van der Waals surface area contributed by atoms with E-state index in [0.717, 1.165) is 0 Å². The standard InChI is InChI=1S/C6H10O5/c7-2-1-3(8)5(10)6(11)4(2)9/h2,4-7,9-11H,1H2/t2-,4+,5-,6-/m1/s1/i5D. The van der Waals surface area contributed by atoms with E-state index in [9.17, 15) is 4.79 Å². The second-order valence-corrected chi connectivity index (χ2v) is 2.52. The zero-order chi connectivity index (χ0) is 9.52. The van der Waals surface area contributed by atoms with E-state index in [2.05, 4.69) is 0 Å². The molecular weight excluding hydrogens is 152 g/mol. The van der Waals surface area contributed by atoms with E-state index in [1.807, 2.05) is 0 Å². The quantitative estimate of drug-likeness (QED) is 0.314. The van der Waals surface area contributed by atoms with Crippen LogP contribution >= 0.6 is 0 Å². The zero-order valence-electron chi connectivity index (χ0n) is 6.64. The monoisotopic (exact) mass is 163 g/mol. The molecule has 0 heterocycles. The van der Waals surface area contributed by atoms with Crippen molar-refractivity contribution in [2.75, 3.05) is 0 Å². The van der Waals surface area contributed by atoms with Gasteiger partial charge in [0.15, 0.2) is 5.78 Å². The lowest BCUT2D eigenvalue weighted by atomic mass is 9.89. The first kappa shape index (κ1) is 7.17. The van der Waals surface area contributed by atoms with Gasteiger partial charge in [-0.1, -0.05) is 0 Å². The van der Waals surface area contributed by atoms with Crippen molar-refractivity contribution in [1.29, 1.82) is 0 Å². The fourth-order valence-corrected chi connectivity index (χ4v) is 0.952. The summed E-state index contributed by atoms with van der Waals surface area (Å²) >= 11 is 0. The molecule has 0 aromatic rings. The van der Waals surface area contributed by atoms with Gasteiger partial charge in [-0.25, -0.2) is 0 Å². The molecule has 1 fully saturated rings. The van der Waals surface area contributed by atoms with E-state index in [-0.39, 0.29) is 0 Å². The second-order valence-electron chi connectivity index (χ2n) is 2.52. The van der Waals surface area contributed by atoms with Crippen molar-refractivity contribution in [3.63, 3.8) is 0 Å². The molecular formula is C6H10O5. The topological polar surface area (TPSA) is 98.0 Å². The van der Waals surface area contributed by atoms with E-state index < -0.39 is 36.6 Å². The van der Waals surface area contributed by atoms with Crippen LogP contribution in [0.5, 0.6) is 0 Å². The van der Waals surface area contributed by atoms with Crippen LogP contribution in [0.15, 0.2) is 0 Å². The summed E-state index contributed by atoms with van der Waals surface area (Å²) in [4.78, 5) is 10.8. The number of ketones is 1. The molecule has 0 amide bonds. The van der Waals surface area contributed by atoms with Crippen molar-refractivity contribution in [3.8, 4) is 0 Å². The Morgan fingerprint density at radius 3 is 2.36 bits per heavy atom. The average Bonchev–Trinajstić information content (AvgIpc) is 1.99. The molecule has 1 rings (SSSR count). The molecule has 0 aliphatic heterocycles. The minimum atomic E-state index is -2.70. The van der Waals surface area contributed by atoms with Crippen LogP contribution in [0, 0.1) is 0 Å². The summed E-state index contributed by atoms with van der Waals surface area (Å²) < 4.78 is 6.94. The lowest BCUT2D eigenvalue weighted by Gasteiger charge is -2.30. The molecule has 0 spiro atoms. The fraction of sp³-hybridized carbons (Fsp3) is 0.833. The number of aliphatic hydroxyl groups is 4. The van der Waals surface area contributed by atoms with Crippen LogP contribution in [-0.2, 0) is 4.79 Å². The molecule has 4 atom stereocenters. The summed E-state index contributed by atoms with van der Waals surface area (Å²) in [6.45, 7) is 0. The first-order valence-electron chi connectivity index (χ1n) is 3.67. The molecule has 5 nitrogen and oxygen atoms in total. The minimum absolute atomic E-state index is 0.516. The Morgan fingerprint density at radius 2 is 1.82 bits per heavy atom. The molecule has 5 heteroatoms. The van der Waals surface area contributed by atoms with Crippen molar-refractivity contribution in [2.45, 2.75) is 30.8 Å². The van der Waals surface area contributed by atoms with Gasteiger partial charge < -0.3 is 20.4 Å². The van der Waals surface area contributed by atoms with E-state index in [1.165, 1.54) is 0 Å². The molecule has 0 bridgehead atoms. The maximum atomic E-state index is 10.8. The molecule has 11 heavy (non-hydrogen) atoms. The third kappa shape index (κ3) is 1.41. The smallest absolute Gasteiger partial charge is 0.166 e. The number of carbonyl (C=O) groups excluding carboxylic acids is 1. The van der Waals surface area contributed by atoms with Crippen LogP contribution in [0.2, 0.25) is 0 Å². The molecule has 1 saturated carbocycles. The third-order valence-electron chi connectivity index (χ3n) is 1.68. The summed E-state index contributed by atoms with van der Waals surface area (Å²) in [5, 5.41) is 35.9. The van der Waals surface area contributed by atoms with Gasteiger partial charge in [-0.2, -0.15) is 0 Å². The Morgan fingerprint density at radius 1 is 1.27 bits per heavy atom. The highest BCUT2D eigenvalue weighted by molar-refractivity contribution is 5.85. The normalized spacial score (nSPS) is 54.0. The highest BCUT2D eigenvalue weighted by Crippen LogP contribution is 2.16. The molecule has 1 aliphatic rings. The van der Waals surface area contributed by atoms with E-state index in [4.69, 9.17) is 21.8 Å². The third-order valence-corrected chi connectivity index (χ3v) is 1.68. The summed E-state index contributed by atoms with van der Waals surface area (Å²) in [6.07, 6.45) is -8.21. The average molecular weight is 163 g/mol. The molecule has 0 aromatic heterocycles. The van der Waals surface area contributed by atoms with Gasteiger partial charge in [-0.05, 0) is 0 Å². The van der Waals surface area contributed by atoms with Gasteiger partial charge in [-0.3, -0.25) is 4.79 Å². The van der Waals surface area contributed by atoms with Crippen LogP contribution in [0.3, 0.4) is 0 Å². The predicted molar refractivity (Wildman–Crippen MR) is 33.7 cm³/mol. The Balaban J connectivity index is 2.88. The molecule has 0 aromatic carbocycles. The minimum Gasteiger partial charge on any atom is -0.390 e. The highest BCUT2D eigenvalue weighted by atomic mass is 16.4. The van der Waals surface area contributed by atoms with Crippen molar-refractivity contribution in [1.82, 2.24) is 0 Å². The SMILES string of the molecule is [2H][C@@]1(O)C(=O)C[C@@H](O)[C@H](O)[C@H]1O. The van der Waals surface area contributed by atoms with E-state index >= 15 is 0 Å². The van der Waals surface area contributed by atoms with Gasteiger partial charge >= 0.3 is 0 Å². The predicted octanol–water partition coefficient (Wildman–Crippen LogP) is -2.60. The lowest BCUT2D eigenvalue weighted by molar-refractivity contribution is -0.162. The summed E-state index contributed by atoms with van der Waals surface area (Å²) in [7, 11) is 0. The first-order valence-corrected chi connectivity index (χ1v) is 3.17. The van der Waals surface area contributed by atoms with Gasteiger partial charge in [-0.15, -0.1) is 0 Å². The molecule has 0 radical (unpaired) electrons. The maximum Gasteiger partial charge on any atom is 0.166 e. The van der Waals surface area contributed by atoms with Crippen molar-refractivity contribution < 1.29 is 26.6 Å². The number of hydrogen-bond acceptors (Lipinski definition) is 5. The van der Waals surface area contributed by atoms with E-state index in [0.29, 0.717) is 0 Å². The van der Waals surface area contributed by atoms with E-state index in [1.54, 1.807) is 0 Å². The maximum absolute atomic E-state index is 10.8. The van der Waals surface area contributed by atoms with Gasteiger partial charge in [0.25, 0.3) is 0 Å². The van der Waals surface area contributed by atoms with Gasteiger partial charge in [0.05, 0.1) is 7.47 Å². The number of rotatable bonds is 0. The number of hydrogen-bond donors (Lipinski definition) is 4. The van der Waals surface area contributed by atoms with Crippen LogP contribution < -0.4 is 0 Å². The van der Waals surface area contributed by atoms with Gasteiger partial charge in [0.1, 0.15) is 18.3 Å². The van der Waals surface area contributed by atoms with Crippen molar-refractivity contribution >= 4 is 5.78 Å². The largest absolute Gasteiger partial charge is 0.390 e. The lowest BCUT2D eigenvalue weighted by Crippen LogP contribution is -2.53. The first-order chi connectivity index (χ1) is 5.37. The number of aliphatic hydroxyl groups excluding tert-OH is 3. The highest BCUT2D eigenvalue weighted by Gasteiger charge is 2.40. The molecule has 0 saturated heterocycles. The van der Waals surface area contributed by atoms with Gasteiger partial charge in [0, 0.05) is 6.42 Å². The Bertz CT molecular complexity index is 204. The zero-order valence-corrected chi connectivity index (χ0v) is 5.64. The molecule has 4 N–H and O–H groups in total.